The number of aromatic amines is 1. The normalized spacial score (nSPS) is 15.8. The molecular weight excluding hydrogens is 464 g/mol. The molecule has 0 unspecified atom stereocenters. The Morgan fingerprint density at radius 2 is 1.86 bits per heavy atom. The Bertz CT molecular complexity index is 1710. The zero-order valence-electron chi connectivity index (χ0n) is 18.9. The van der Waals surface area contributed by atoms with Crippen LogP contribution in [0.4, 0.5) is 5.82 Å². The minimum atomic E-state index is -0.290. The molecule has 0 saturated carbocycles. The number of hydrogen-bond donors (Lipinski definition) is 1. The van der Waals surface area contributed by atoms with Gasteiger partial charge >= 0.3 is 0 Å². The second kappa shape index (κ2) is 8.32. The molecule has 1 aliphatic heterocycles. The molecule has 6 rings (SSSR count). The summed E-state index contributed by atoms with van der Waals surface area (Å²) < 4.78 is 1.73. The number of pyridine rings is 1. The van der Waals surface area contributed by atoms with Crippen LogP contribution in [0.3, 0.4) is 0 Å². The minimum absolute atomic E-state index is 0.176. The van der Waals surface area contributed by atoms with Gasteiger partial charge in [0.25, 0.3) is 11.1 Å². The van der Waals surface area contributed by atoms with Gasteiger partial charge in [0, 0.05) is 17.9 Å². The van der Waals surface area contributed by atoms with Crippen molar-refractivity contribution in [2.45, 2.75) is 25.8 Å². The highest BCUT2D eigenvalue weighted by Crippen LogP contribution is 2.38. The van der Waals surface area contributed by atoms with Crippen molar-refractivity contribution < 1.29 is 0 Å². The van der Waals surface area contributed by atoms with Crippen LogP contribution in [-0.2, 0) is 0 Å². The van der Waals surface area contributed by atoms with Gasteiger partial charge in [0.15, 0.2) is 5.65 Å². The molecule has 8 nitrogen and oxygen atoms in total. The zero-order valence-corrected chi connectivity index (χ0v) is 19.7. The monoisotopic (exact) mass is 484 g/mol. The molecule has 0 radical (unpaired) electrons. The van der Waals surface area contributed by atoms with E-state index in [2.05, 4.69) is 24.8 Å². The fraction of sp³-hybridized carbons (Fsp3) is 0.192. The Hall–Kier alpha value is -4.04. The summed E-state index contributed by atoms with van der Waals surface area (Å²) in [7, 11) is 0. The summed E-state index contributed by atoms with van der Waals surface area (Å²) in [5.41, 5.74) is 1.46. The molecule has 4 heterocycles. The third-order valence-electron chi connectivity index (χ3n) is 6.50. The topological polar surface area (TPSA) is 96.8 Å². The van der Waals surface area contributed by atoms with Crippen LogP contribution in [0.15, 0.2) is 70.5 Å². The molecule has 5 aromatic rings. The van der Waals surface area contributed by atoms with E-state index in [1.807, 2.05) is 48.5 Å². The zero-order chi connectivity index (χ0) is 24.1. The average molecular weight is 485 g/mol. The van der Waals surface area contributed by atoms with Gasteiger partial charge in [-0.1, -0.05) is 41.9 Å². The first-order valence-electron chi connectivity index (χ1n) is 11.4. The molecule has 1 aliphatic rings. The summed E-state index contributed by atoms with van der Waals surface area (Å²) in [4.78, 5) is 44.7. The van der Waals surface area contributed by atoms with Gasteiger partial charge in [-0.05, 0) is 49.4 Å². The number of anilines is 1. The highest BCUT2D eigenvalue weighted by molar-refractivity contribution is 6.35. The SMILES string of the molecule is Cc1nc(N2CCC[C@H]2c2cc3cccc(Cl)c3c(=O)n2-c2ccccc2)c2c(=O)[nH]cnc2n1. The molecule has 2 aromatic carbocycles. The van der Waals surface area contributed by atoms with Gasteiger partial charge in [-0.25, -0.2) is 15.0 Å². The predicted octanol–water partition coefficient (Wildman–Crippen LogP) is 4.32. The first-order valence-corrected chi connectivity index (χ1v) is 11.8. The number of nitrogens with one attached hydrogen (secondary N) is 1. The first kappa shape index (κ1) is 21.5. The number of benzene rings is 2. The van der Waals surface area contributed by atoms with Gasteiger partial charge in [-0.15, -0.1) is 0 Å². The van der Waals surface area contributed by atoms with Crippen molar-refractivity contribution in [3.63, 3.8) is 0 Å². The number of para-hydroxylation sites is 1. The Morgan fingerprint density at radius 3 is 2.69 bits per heavy atom. The third kappa shape index (κ3) is 3.49. The van der Waals surface area contributed by atoms with Gasteiger partial charge < -0.3 is 9.88 Å². The lowest BCUT2D eigenvalue weighted by Crippen LogP contribution is -2.31. The van der Waals surface area contributed by atoms with Crippen molar-refractivity contribution in [3.8, 4) is 5.69 Å². The van der Waals surface area contributed by atoms with E-state index < -0.39 is 0 Å². The van der Waals surface area contributed by atoms with E-state index in [-0.39, 0.29) is 17.2 Å². The molecule has 1 atom stereocenters. The van der Waals surface area contributed by atoms with Crippen LogP contribution in [-0.4, -0.2) is 31.0 Å². The lowest BCUT2D eigenvalue weighted by atomic mass is 10.0. The highest BCUT2D eigenvalue weighted by Gasteiger charge is 2.33. The molecule has 3 aromatic heterocycles. The van der Waals surface area contributed by atoms with Crippen molar-refractivity contribution in [2.24, 2.45) is 0 Å². The van der Waals surface area contributed by atoms with Gasteiger partial charge in [0.2, 0.25) is 0 Å². The Labute approximate surface area is 204 Å². The number of H-pyrrole nitrogens is 1. The average Bonchev–Trinajstić information content (AvgIpc) is 3.33. The van der Waals surface area contributed by atoms with Crippen LogP contribution in [0.25, 0.3) is 27.5 Å². The summed E-state index contributed by atoms with van der Waals surface area (Å²) in [5.74, 6) is 1.06. The number of aryl methyl sites for hydroxylation is 1. The van der Waals surface area contributed by atoms with E-state index >= 15 is 0 Å². The second-order valence-electron chi connectivity index (χ2n) is 8.63. The Morgan fingerprint density at radius 1 is 1.03 bits per heavy atom. The maximum atomic E-state index is 13.9. The van der Waals surface area contributed by atoms with E-state index in [0.29, 0.717) is 39.6 Å². The number of hydrogen-bond acceptors (Lipinski definition) is 6. The number of rotatable bonds is 3. The van der Waals surface area contributed by atoms with E-state index in [4.69, 9.17) is 11.6 Å². The largest absolute Gasteiger partial charge is 0.347 e. The molecule has 0 amide bonds. The molecule has 1 N–H and O–H groups in total. The maximum Gasteiger partial charge on any atom is 0.264 e. The molecule has 174 valence electrons. The van der Waals surface area contributed by atoms with Gasteiger partial charge in [0.05, 0.1) is 22.8 Å². The van der Waals surface area contributed by atoms with Crippen molar-refractivity contribution >= 4 is 39.2 Å². The predicted molar refractivity (Wildman–Crippen MR) is 137 cm³/mol. The van der Waals surface area contributed by atoms with Gasteiger partial charge in [-0.2, -0.15) is 0 Å². The lowest BCUT2D eigenvalue weighted by molar-refractivity contribution is 0.661. The second-order valence-corrected chi connectivity index (χ2v) is 9.03. The van der Waals surface area contributed by atoms with E-state index in [1.54, 1.807) is 17.6 Å². The summed E-state index contributed by atoms with van der Waals surface area (Å²) in [6, 6.07) is 16.9. The first-order chi connectivity index (χ1) is 17.0. The molecule has 0 aliphatic carbocycles. The van der Waals surface area contributed by atoms with Crippen LogP contribution in [0.5, 0.6) is 0 Å². The molecule has 0 spiro atoms. The van der Waals surface area contributed by atoms with Crippen LogP contribution in [0.2, 0.25) is 5.02 Å². The summed E-state index contributed by atoms with van der Waals surface area (Å²) in [5, 5.41) is 2.03. The van der Waals surface area contributed by atoms with E-state index in [0.717, 1.165) is 29.6 Å². The molecular formula is C26H21ClN6O2. The molecule has 35 heavy (non-hydrogen) atoms. The fourth-order valence-electron chi connectivity index (χ4n) is 5.03. The van der Waals surface area contributed by atoms with E-state index in [1.165, 1.54) is 6.33 Å². The number of nitrogens with zero attached hydrogens (tertiary/aromatic N) is 5. The van der Waals surface area contributed by atoms with E-state index in [9.17, 15) is 9.59 Å². The number of aromatic nitrogens is 5. The molecule has 9 heteroatoms. The fourth-order valence-corrected chi connectivity index (χ4v) is 5.29. The minimum Gasteiger partial charge on any atom is -0.347 e. The smallest absolute Gasteiger partial charge is 0.264 e. The number of halogens is 1. The Balaban J connectivity index is 1.64. The highest BCUT2D eigenvalue weighted by atomic mass is 35.5. The molecule has 1 saturated heterocycles. The molecule has 1 fully saturated rings. The lowest BCUT2D eigenvalue weighted by Gasteiger charge is -2.29. The number of fused-ring (bicyclic) bond motifs is 2. The van der Waals surface area contributed by atoms with Crippen molar-refractivity contribution in [2.75, 3.05) is 11.4 Å². The van der Waals surface area contributed by atoms with Crippen LogP contribution < -0.4 is 16.0 Å². The Kier molecular flexibility index (Phi) is 5.11. The van der Waals surface area contributed by atoms with Crippen molar-refractivity contribution in [1.29, 1.82) is 0 Å². The van der Waals surface area contributed by atoms with Crippen molar-refractivity contribution in [3.05, 3.63) is 98.2 Å². The third-order valence-corrected chi connectivity index (χ3v) is 6.81. The van der Waals surface area contributed by atoms with Crippen molar-refractivity contribution in [1.82, 2.24) is 24.5 Å². The van der Waals surface area contributed by atoms with Crippen LogP contribution in [0.1, 0.15) is 30.4 Å². The standard InChI is InChI=1S/C26H21ClN6O2/c1-15-30-23-22(25(34)29-14-28-23)24(31-15)32-12-6-11-19(32)20-13-16-7-5-10-18(27)21(16)26(35)33(20)17-8-3-2-4-9-17/h2-5,7-10,13-14,19H,6,11-12H2,1H3,(H,28,29,30,31,34)/t19-/m0/s1. The van der Waals surface area contributed by atoms with Crippen LogP contribution >= 0.6 is 11.6 Å². The quantitative estimate of drug-likeness (QED) is 0.409. The van der Waals surface area contributed by atoms with Crippen LogP contribution in [0, 0.1) is 6.92 Å². The molecule has 0 bridgehead atoms. The van der Waals surface area contributed by atoms with Gasteiger partial charge in [-0.3, -0.25) is 14.2 Å². The summed E-state index contributed by atoms with van der Waals surface area (Å²) in [6.45, 7) is 2.47. The maximum absolute atomic E-state index is 13.9. The van der Waals surface area contributed by atoms with Gasteiger partial charge in [0.1, 0.15) is 17.0 Å². The summed E-state index contributed by atoms with van der Waals surface area (Å²) in [6.07, 6.45) is 3.02. The summed E-state index contributed by atoms with van der Waals surface area (Å²) >= 11 is 6.47.